The minimum Gasteiger partial charge on any atom is -0.508 e. The number of aryl methyl sites for hydroxylation is 3. The Labute approximate surface area is 171 Å². The molecule has 0 aliphatic carbocycles. The first-order chi connectivity index (χ1) is 13.9. The molecule has 0 saturated heterocycles. The molecule has 0 fully saturated rings. The summed E-state index contributed by atoms with van der Waals surface area (Å²) in [6.45, 7) is 3.75. The Hall–Kier alpha value is -3.39. The van der Waals surface area contributed by atoms with Gasteiger partial charge in [-0.3, -0.25) is 4.79 Å². The number of phenols is 1. The second-order valence-electron chi connectivity index (χ2n) is 6.99. The predicted molar refractivity (Wildman–Crippen MR) is 114 cm³/mol. The maximum Gasteiger partial charge on any atom is 0.254 e. The van der Waals surface area contributed by atoms with E-state index in [0.717, 1.165) is 28.2 Å². The van der Waals surface area contributed by atoms with Crippen LogP contribution >= 0.6 is 11.3 Å². The number of carbonyl (C=O) groups is 1. The number of anilines is 1. The molecule has 0 spiro atoms. The highest BCUT2D eigenvalue weighted by Gasteiger charge is 2.21. The van der Waals surface area contributed by atoms with E-state index < -0.39 is 5.91 Å². The van der Waals surface area contributed by atoms with Crippen LogP contribution in [0.5, 0.6) is 5.75 Å². The van der Waals surface area contributed by atoms with E-state index in [1.54, 1.807) is 28.0 Å². The van der Waals surface area contributed by atoms with E-state index in [9.17, 15) is 9.90 Å². The van der Waals surface area contributed by atoms with Gasteiger partial charge >= 0.3 is 0 Å². The lowest BCUT2D eigenvalue weighted by molar-refractivity contribution is 0.100. The minimum atomic E-state index is -0.637. The molecule has 0 aliphatic rings. The molecule has 1 amide bonds. The average molecular weight is 407 g/mol. The van der Waals surface area contributed by atoms with Crippen molar-refractivity contribution in [2.24, 2.45) is 5.73 Å². The molecule has 0 aliphatic heterocycles. The van der Waals surface area contributed by atoms with Crippen molar-refractivity contribution in [3.05, 3.63) is 63.5 Å². The highest BCUT2D eigenvalue weighted by molar-refractivity contribution is 7.09. The van der Waals surface area contributed by atoms with Gasteiger partial charge in [0.25, 0.3) is 5.91 Å². The molecule has 148 valence electrons. The summed E-state index contributed by atoms with van der Waals surface area (Å²) in [7, 11) is 0. The van der Waals surface area contributed by atoms with Crippen molar-refractivity contribution in [2.75, 3.05) is 5.73 Å². The summed E-state index contributed by atoms with van der Waals surface area (Å²) in [4.78, 5) is 21.1. The summed E-state index contributed by atoms with van der Waals surface area (Å²) < 4.78 is 1.78. The van der Waals surface area contributed by atoms with Crippen LogP contribution in [-0.4, -0.2) is 25.4 Å². The number of hydrogen-bond donors (Lipinski definition) is 3. The van der Waals surface area contributed by atoms with Crippen LogP contribution < -0.4 is 11.5 Å². The normalized spacial score (nSPS) is 11.2. The molecule has 0 saturated carbocycles. The van der Waals surface area contributed by atoms with Crippen molar-refractivity contribution in [1.82, 2.24) is 14.4 Å². The van der Waals surface area contributed by atoms with Gasteiger partial charge in [-0.25, -0.2) is 9.97 Å². The second-order valence-corrected chi connectivity index (χ2v) is 7.97. The number of fused-ring (bicyclic) bond motifs is 1. The SMILES string of the molecule is Cc1ccc(O)c(C)c1-c1cn2cc(CCc3nccs3)nc2c(C(N)=O)c1N. The third-order valence-corrected chi connectivity index (χ3v) is 5.91. The molecular weight excluding hydrogens is 386 g/mol. The number of imidazole rings is 1. The van der Waals surface area contributed by atoms with E-state index in [-0.39, 0.29) is 17.0 Å². The van der Waals surface area contributed by atoms with Gasteiger partial charge in [-0.1, -0.05) is 6.07 Å². The van der Waals surface area contributed by atoms with Crippen molar-refractivity contribution >= 4 is 28.6 Å². The summed E-state index contributed by atoms with van der Waals surface area (Å²) in [6, 6.07) is 3.46. The lowest BCUT2D eigenvalue weighted by Crippen LogP contribution is -2.16. The fraction of sp³-hybridized carbons (Fsp3) is 0.190. The van der Waals surface area contributed by atoms with Crippen LogP contribution in [0.4, 0.5) is 5.69 Å². The van der Waals surface area contributed by atoms with Gasteiger partial charge in [0.1, 0.15) is 11.3 Å². The summed E-state index contributed by atoms with van der Waals surface area (Å²) in [5.41, 5.74) is 16.8. The van der Waals surface area contributed by atoms with Gasteiger partial charge < -0.3 is 21.0 Å². The summed E-state index contributed by atoms with van der Waals surface area (Å²) in [5, 5.41) is 13.1. The number of nitrogen functional groups attached to an aromatic ring is 1. The number of pyridine rings is 1. The van der Waals surface area contributed by atoms with Crippen molar-refractivity contribution < 1.29 is 9.90 Å². The standard InChI is InChI=1S/C21H21N5O2S/c1-11-3-5-15(27)12(2)17(11)14-10-26-9-13(4-6-16-24-7-8-29-16)25-21(26)18(19(14)22)20(23)28/h3,5,7-10,27H,4,6,22H2,1-2H3,(H2,23,28). The van der Waals surface area contributed by atoms with Gasteiger partial charge in [0.15, 0.2) is 5.65 Å². The highest BCUT2D eigenvalue weighted by Crippen LogP contribution is 2.38. The molecule has 8 heteroatoms. The highest BCUT2D eigenvalue weighted by atomic mass is 32.1. The van der Waals surface area contributed by atoms with Gasteiger partial charge in [-0.05, 0) is 43.0 Å². The molecule has 4 rings (SSSR count). The Kier molecular flexibility index (Phi) is 4.71. The third kappa shape index (κ3) is 3.31. The second kappa shape index (κ2) is 7.21. The molecule has 5 N–H and O–H groups in total. The van der Waals surface area contributed by atoms with E-state index in [4.69, 9.17) is 11.5 Å². The van der Waals surface area contributed by atoms with Gasteiger partial charge in [-0.15, -0.1) is 11.3 Å². The Morgan fingerprint density at radius 1 is 1.24 bits per heavy atom. The maximum absolute atomic E-state index is 12.2. The molecule has 0 atom stereocenters. The molecule has 3 heterocycles. The summed E-state index contributed by atoms with van der Waals surface area (Å²) >= 11 is 1.60. The Morgan fingerprint density at radius 2 is 2.03 bits per heavy atom. The van der Waals surface area contributed by atoms with Crippen LogP contribution in [0.2, 0.25) is 0 Å². The molecule has 29 heavy (non-hydrogen) atoms. The maximum atomic E-state index is 12.2. The number of benzene rings is 1. The van der Waals surface area contributed by atoms with Crippen LogP contribution in [0, 0.1) is 13.8 Å². The van der Waals surface area contributed by atoms with Crippen LogP contribution in [-0.2, 0) is 12.8 Å². The fourth-order valence-corrected chi connectivity index (χ4v) is 4.24. The number of rotatable bonds is 5. The van der Waals surface area contributed by atoms with Gasteiger partial charge in [0, 0.05) is 36.0 Å². The Bertz CT molecular complexity index is 1230. The number of carbonyl (C=O) groups excluding carboxylic acids is 1. The molecule has 4 aromatic rings. The summed E-state index contributed by atoms with van der Waals surface area (Å²) in [6.07, 6.45) is 6.95. The number of primary amides is 1. The van der Waals surface area contributed by atoms with E-state index in [1.165, 1.54) is 0 Å². The van der Waals surface area contributed by atoms with Crippen molar-refractivity contribution in [3.63, 3.8) is 0 Å². The third-order valence-electron chi connectivity index (χ3n) is 5.07. The van der Waals surface area contributed by atoms with Crippen molar-refractivity contribution in [1.29, 1.82) is 0 Å². The first-order valence-electron chi connectivity index (χ1n) is 9.14. The molecule has 0 radical (unpaired) electrons. The number of phenolic OH excluding ortho intramolecular Hbond substituents is 1. The van der Waals surface area contributed by atoms with E-state index >= 15 is 0 Å². The number of aromatic nitrogens is 3. The molecule has 0 unspecified atom stereocenters. The number of hydrogen-bond acceptors (Lipinski definition) is 6. The lowest BCUT2D eigenvalue weighted by Gasteiger charge is -2.16. The molecular formula is C21H21N5O2S. The molecule has 1 aromatic carbocycles. The lowest BCUT2D eigenvalue weighted by atomic mass is 9.93. The van der Waals surface area contributed by atoms with Crippen LogP contribution in [0.15, 0.2) is 36.1 Å². The van der Waals surface area contributed by atoms with E-state index in [2.05, 4.69) is 9.97 Å². The number of amides is 1. The number of nitrogens with zero attached hydrogens (tertiary/aromatic N) is 3. The number of nitrogens with two attached hydrogens (primary N) is 2. The largest absolute Gasteiger partial charge is 0.508 e. The van der Waals surface area contributed by atoms with Gasteiger partial charge in [0.05, 0.1) is 16.4 Å². The minimum absolute atomic E-state index is 0.167. The topological polar surface area (TPSA) is 120 Å². The number of aromatic hydroxyl groups is 1. The quantitative estimate of drug-likeness (QED) is 0.469. The number of thiazole rings is 1. The van der Waals surface area contributed by atoms with Crippen LogP contribution in [0.25, 0.3) is 16.8 Å². The van der Waals surface area contributed by atoms with Gasteiger partial charge in [-0.2, -0.15) is 0 Å². The smallest absolute Gasteiger partial charge is 0.254 e. The van der Waals surface area contributed by atoms with Crippen LogP contribution in [0.1, 0.15) is 32.2 Å². The van der Waals surface area contributed by atoms with Gasteiger partial charge in [0.2, 0.25) is 0 Å². The Balaban J connectivity index is 1.88. The zero-order valence-electron chi connectivity index (χ0n) is 16.1. The van der Waals surface area contributed by atoms with Crippen molar-refractivity contribution in [3.8, 4) is 16.9 Å². The fourth-order valence-electron chi connectivity index (χ4n) is 3.62. The Morgan fingerprint density at radius 3 is 2.72 bits per heavy atom. The summed E-state index contributed by atoms with van der Waals surface area (Å²) in [5.74, 6) is -0.470. The first-order valence-corrected chi connectivity index (χ1v) is 10.0. The predicted octanol–water partition coefficient (Wildman–Crippen LogP) is 3.25. The zero-order chi connectivity index (χ0) is 20.7. The molecule has 3 aromatic heterocycles. The monoisotopic (exact) mass is 407 g/mol. The average Bonchev–Trinajstić information content (AvgIpc) is 3.32. The van der Waals surface area contributed by atoms with Crippen molar-refractivity contribution in [2.45, 2.75) is 26.7 Å². The first kappa shape index (κ1) is 18.9. The van der Waals surface area contributed by atoms with E-state index in [1.807, 2.05) is 37.7 Å². The molecule has 0 bridgehead atoms. The zero-order valence-corrected chi connectivity index (χ0v) is 17.0. The molecule has 7 nitrogen and oxygen atoms in total. The van der Waals surface area contributed by atoms with Crippen LogP contribution in [0.3, 0.4) is 0 Å². The van der Waals surface area contributed by atoms with E-state index in [0.29, 0.717) is 23.2 Å².